The van der Waals surface area contributed by atoms with E-state index < -0.39 is 23.5 Å². The van der Waals surface area contributed by atoms with Crippen molar-refractivity contribution in [3.05, 3.63) is 106 Å². The molecule has 1 atom stereocenters. The van der Waals surface area contributed by atoms with Gasteiger partial charge in [0.05, 0.1) is 11.6 Å². The molecule has 1 aliphatic rings. The molecule has 1 amide bonds. The summed E-state index contributed by atoms with van der Waals surface area (Å²) in [5, 5.41) is 10.9. The minimum absolute atomic E-state index is 0.0771. The molecule has 29 heavy (non-hydrogen) atoms. The van der Waals surface area contributed by atoms with Gasteiger partial charge in [0.15, 0.2) is 0 Å². The number of Topliss-reactive ketones (excluding diaryl/α,β-unsaturated/α-hetero) is 1. The SMILES string of the molecule is O=C1C(=O)N(c2cccc(Br)c2)C(c2cccc(F)c2)C1=C(O)c1ccccc1. The lowest BCUT2D eigenvalue weighted by Gasteiger charge is -2.25. The van der Waals surface area contributed by atoms with Crippen LogP contribution in [0.4, 0.5) is 10.1 Å². The van der Waals surface area contributed by atoms with Crippen molar-refractivity contribution < 1.29 is 19.1 Å². The third-order valence-corrected chi connectivity index (χ3v) is 5.24. The van der Waals surface area contributed by atoms with E-state index in [4.69, 9.17) is 0 Å². The van der Waals surface area contributed by atoms with Crippen LogP contribution >= 0.6 is 15.9 Å². The lowest BCUT2D eigenvalue weighted by Crippen LogP contribution is -2.29. The number of hydrogen-bond acceptors (Lipinski definition) is 3. The van der Waals surface area contributed by atoms with Gasteiger partial charge in [0.25, 0.3) is 11.7 Å². The molecule has 4 nitrogen and oxygen atoms in total. The molecule has 4 rings (SSSR count). The van der Waals surface area contributed by atoms with Gasteiger partial charge < -0.3 is 5.11 Å². The molecule has 0 bridgehead atoms. The molecule has 1 aliphatic heterocycles. The lowest BCUT2D eigenvalue weighted by atomic mass is 9.95. The molecule has 1 heterocycles. The summed E-state index contributed by atoms with van der Waals surface area (Å²) in [6, 6.07) is 20.1. The summed E-state index contributed by atoms with van der Waals surface area (Å²) in [6.45, 7) is 0. The molecule has 0 spiro atoms. The van der Waals surface area contributed by atoms with Crippen molar-refractivity contribution in [2.24, 2.45) is 0 Å². The summed E-state index contributed by atoms with van der Waals surface area (Å²) in [5.74, 6) is -2.40. The molecule has 6 heteroatoms. The Balaban J connectivity index is 1.97. The molecule has 0 aliphatic carbocycles. The van der Waals surface area contributed by atoms with Crippen molar-refractivity contribution in [1.82, 2.24) is 0 Å². The Morgan fingerprint density at radius 3 is 2.34 bits per heavy atom. The second-order valence-corrected chi connectivity index (χ2v) is 7.49. The van der Waals surface area contributed by atoms with E-state index >= 15 is 0 Å². The maximum Gasteiger partial charge on any atom is 0.300 e. The average Bonchev–Trinajstić information content (AvgIpc) is 2.99. The van der Waals surface area contributed by atoms with Crippen LogP contribution in [-0.4, -0.2) is 16.8 Å². The summed E-state index contributed by atoms with van der Waals surface area (Å²) < 4.78 is 14.7. The fraction of sp³-hybridized carbons (Fsp3) is 0.0435. The number of aliphatic hydroxyl groups excluding tert-OH is 1. The van der Waals surface area contributed by atoms with Crippen LogP contribution in [0.2, 0.25) is 0 Å². The quantitative estimate of drug-likeness (QED) is 0.337. The number of halogens is 2. The highest BCUT2D eigenvalue weighted by molar-refractivity contribution is 9.10. The largest absolute Gasteiger partial charge is 0.507 e. The lowest BCUT2D eigenvalue weighted by molar-refractivity contribution is -0.132. The maximum atomic E-state index is 14.0. The molecule has 1 unspecified atom stereocenters. The fourth-order valence-corrected chi connectivity index (χ4v) is 3.86. The summed E-state index contributed by atoms with van der Waals surface area (Å²) >= 11 is 3.37. The smallest absolute Gasteiger partial charge is 0.300 e. The normalized spacial score (nSPS) is 18.3. The van der Waals surface area contributed by atoms with Crippen molar-refractivity contribution in [2.75, 3.05) is 4.90 Å². The van der Waals surface area contributed by atoms with Crippen molar-refractivity contribution in [1.29, 1.82) is 0 Å². The van der Waals surface area contributed by atoms with Crippen LogP contribution in [0.3, 0.4) is 0 Å². The Labute approximate surface area is 175 Å². The summed E-state index contributed by atoms with van der Waals surface area (Å²) in [6.07, 6.45) is 0. The number of nitrogens with zero attached hydrogens (tertiary/aromatic N) is 1. The monoisotopic (exact) mass is 451 g/mol. The van der Waals surface area contributed by atoms with Crippen LogP contribution in [-0.2, 0) is 9.59 Å². The molecule has 3 aromatic carbocycles. The predicted molar refractivity (Wildman–Crippen MR) is 112 cm³/mol. The van der Waals surface area contributed by atoms with Gasteiger partial charge in [0.1, 0.15) is 11.6 Å². The van der Waals surface area contributed by atoms with Gasteiger partial charge >= 0.3 is 0 Å². The van der Waals surface area contributed by atoms with Gasteiger partial charge in [0, 0.05) is 15.7 Å². The van der Waals surface area contributed by atoms with E-state index in [1.165, 1.54) is 23.1 Å². The zero-order valence-electron chi connectivity index (χ0n) is 15.0. The van der Waals surface area contributed by atoms with Crippen LogP contribution in [0.1, 0.15) is 17.2 Å². The Kier molecular flexibility index (Phi) is 5.03. The third-order valence-electron chi connectivity index (χ3n) is 4.74. The van der Waals surface area contributed by atoms with Gasteiger partial charge in [-0.05, 0) is 35.9 Å². The minimum atomic E-state index is -0.958. The van der Waals surface area contributed by atoms with Crippen LogP contribution < -0.4 is 4.90 Å². The molecule has 0 saturated carbocycles. The van der Waals surface area contributed by atoms with Crippen LogP contribution in [0.15, 0.2) is 88.9 Å². The fourth-order valence-electron chi connectivity index (χ4n) is 3.47. The van der Waals surface area contributed by atoms with Crippen LogP contribution in [0.25, 0.3) is 5.76 Å². The number of hydrogen-bond donors (Lipinski definition) is 1. The number of ketones is 1. The van der Waals surface area contributed by atoms with E-state index in [1.54, 1.807) is 60.7 Å². The number of benzene rings is 3. The predicted octanol–water partition coefficient (Wildman–Crippen LogP) is 5.21. The molecule has 0 aromatic heterocycles. The van der Waals surface area contributed by atoms with Crippen molar-refractivity contribution in [3.63, 3.8) is 0 Å². The average molecular weight is 452 g/mol. The Morgan fingerprint density at radius 2 is 1.66 bits per heavy atom. The number of rotatable bonds is 3. The molecule has 3 aromatic rings. The van der Waals surface area contributed by atoms with Crippen LogP contribution in [0, 0.1) is 5.82 Å². The van der Waals surface area contributed by atoms with Gasteiger partial charge in [-0.15, -0.1) is 0 Å². The standard InChI is InChI=1S/C23H15BrFNO3/c24-16-9-5-11-18(13-16)26-20(15-8-4-10-17(25)12-15)19(22(28)23(26)29)21(27)14-6-2-1-3-7-14/h1-13,20,27H. The van der Waals surface area contributed by atoms with E-state index in [9.17, 15) is 19.1 Å². The summed E-state index contributed by atoms with van der Waals surface area (Å²) in [4.78, 5) is 27.2. The minimum Gasteiger partial charge on any atom is -0.507 e. The third kappa shape index (κ3) is 3.47. The Morgan fingerprint density at radius 1 is 0.931 bits per heavy atom. The molecule has 1 N–H and O–H groups in total. The van der Waals surface area contributed by atoms with Crippen LogP contribution in [0.5, 0.6) is 0 Å². The molecule has 1 fully saturated rings. The first-order valence-corrected chi connectivity index (χ1v) is 9.64. The van der Waals surface area contributed by atoms with Gasteiger partial charge in [-0.3, -0.25) is 14.5 Å². The topological polar surface area (TPSA) is 57.6 Å². The molecule has 0 radical (unpaired) electrons. The Bertz CT molecular complexity index is 1140. The van der Waals surface area contributed by atoms with E-state index in [0.29, 0.717) is 16.8 Å². The number of amides is 1. The zero-order valence-corrected chi connectivity index (χ0v) is 16.6. The Hall–Kier alpha value is -3.25. The van der Waals surface area contributed by atoms with Gasteiger partial charge in [-0.25, -0.2) is 4.39 Å². The number of carbonyl (C=O) groups excluding carboxylic acids is 2. The number of aliphatic hydroxyl groups is 1. The first-order chi connectivity index (χ1) is 14.0. The summed E-state index contributed by atoms with van der Waals surface area (Å²) in [5.41, 5.74) is 1.18. The molecule has 144 valence electrons. The van der Waals surface area contributed by atoms with Crippen molar-refractivity contribution in [2.45, 2.75) is 6.04 Å². The second-order valence-electron chi connectivity index (χ2n) is 6.57. The van der Waals surface area contributed by atoms with E-state index in [1.807, 2.05) is 0 Å². The zero-order chi connectivity index (χ0) is 20.5. The highest BCUT2D eigenvalue weighted by Crippen LogP contribution is 2.42. The van der Waals surface area contributed by atoms with Crippen molar-refractivity contribution in [3.8, 4) is 0 Å². The van der Waals surface area contributed by atoms with Gasteiger partial charge in [0.2, 0.25) is 0 Å². The van der Waals surface area contributed by atoms with E-state index in [0.717, 1.165) is 4.47 Å². The molecule has 1 saturated heterocycles. The van der Waals surface area contributed by atoms with E-state index in [-0.39, 0.29) is 11.3 Å². The van der Waals surface area contributed by atoms with Gasteiger partial charge in [-0.2, -0.15) is 0 Å². The molecular formula is C23H15BrFNO3. The second kappa shape index (κ2) is 7.64. The highest BCUT2D eigenvalue weighted by Gasteiger charge is 2.47. The van der Waals surface area contributed by atoms with E-state index in [2.05, 4.69) is 15.9 Å². The van der Waals surface area contributed by atoms with Crippen molar-refractivity contribution >= 4 is 39.1 Å². The highest BCUT2D eigenvalue weighted by atomic mass is 79.9. The number of carbonyl (C=O) groups is 2. The number of anilines is 1. The first kappa shape index (κ1) is 19.1. The molecular weight excluding hydrogens is 437 g/mol. The maximum absolute atomic E-state index is 14.0. The summed E-state index contributed by atoms with van der Waals surface area (Å²) in [7, 11) is 0. The van der Waals surface area contributed by atoms with Gasteiger partial charge in [-0.1, -0.05) is 64.5 Å². The first-order valence-electron chi connectivity index (χ1n) is 8.85.